The summed E-state index contributed by atoms with van der Waals surface area (Å²) < 4.78 is 52.9. The molecule has 7 nitrogen and oxygen atoms in total. The van der Waals surface area contributed by atoms with Gasteiger partial charge in [-0.15, -0.1) is 0 Å². The number of pyridine rings is 1. The van der Waals surface area contributed by atoms with Crippen molar-refractivity contribution in [3.63, 3.8) is 0 Å². The summed E-state index contributed by atoms with van der Waals surface area (Å²) in [6, 6.07) is 3.98. The van der Waals surface area contributed by atoms with Crippen LogP contribution in [-0.2, 0) is 44.5 Å². The van der Waals surface area contributed by atoms with E-state index in [9.17, 15) is 9.13 Å². The van der Waals surface area contributed by atoms with Crippen LogP contribution in [0.25, 0.3) is 0 Å². The van der Waals surface area contributed by atoms with E-state index in [4.69, 9.17) is 23.1 Å². The van der Waals surface area contributed by atoms with Gasteiger partial charge < -0.3 is 18.1 Å². The molecule has 210 valence electrons. The summed E-state index contributed by atoms with van der Waals surface area (Å²) in [5.41, 5.74) is 2.20. The predicted molar refractivity (Wildman–Crippen MR) is 149 cm³/mol. The van der Waals surface area contributed by atoms with Gasteiger partial charge in [0, 0.05) is 22.2 Å². The summed E-state index contributed by atoms with van der Waals surface area (Å²) in [5.74, 6) is 0. The summed E-state index contributed by atoms with van der Waals surface area (Å²) in [5, 5.41) is -1.15. The van der Waals surface area contributed by atoms with Crippen LogP contribution in [0, 0.1) is 0 Å². The molecule has 0 saturated heterocycles. The zero-order valence-corrected chi connectivity index (χ0v) is 26.8. The Morgan fingerprint density at radius 2 is 0.917 bits per heavy atom. The second kappa shape index (κ2) is 12.5. The number of nitrogens with zero attached hydrogens (tertiary/aromatic N) is 1. The van der Waals surface area contributed by atoms with E-state index in [1.54, 1.807) is 55.4 Å². The molecule has 36 heavy (non-hydrogen) atoms. The molecule has 9 heteroatoms. The van der Waals surface area contributed by atoms with E-state index in [0.717, 1.165) is 17.0 Å². The third-order valence-electron chi connectivity index (χ3n) is 5.00. The average Bonchev–Trinajstić information content (AvgIpc) is 2.61. The average molecular weight is 548 g/mol. The van der Waals surface area contributed by atoms with Crippen LogP contribution >= 0.6 is 15.2 Å². The quantitative estimate of drug-likeness (QED) is 0.242. The molecule has 0 saturated carbocycles. The van der Waals surface area contributed by atoms with Gasteiger partial charge in [0.25, 0.3) is 0 Å². The van der Waals surface area contributed by atoms with E-state index < -0.39 is 45.0 Å². The molecule has 0 aliphatic heterocycles. The number of hydrogen-bond donors (Lipinski definition) is 0. The molecule has 0 bridgehead atoms. The first-order chi connectivity index (χ1) is 16.1. The summed E-state index contributed by atoms with van der Waals surface area (Å²) in [6.07, 6.45) is -1.55. The molecule has 0 aliphatic rings. The lowest BCUT2D eigenvalue weighted by molar-refractivity contribution is 0.122. The standard InChI is InChI=1S/C27H51NO6P2/c1-18(2)31-35(29,32-19(3)4)25(36(30,33-20(5)6)34-21(7)8)17-22-15-23(26(9,10)11)28-24(16-22)27(12,13)14/h15-16,18-21,25H,17H2,1-14H3. The lowest BCUT2D eigenvalue weighted by Crippen LogP contribution is -2.26. The topological polar surface area (TPSA) is 84.0 Å². The van der Waals surface area contributed by atoms with Gasteiger partial charge in [-0.1, -0.05) is 41.5 Å². The second-order valence-electron chi connectivity index (χ2n) is 12.6. The molecule has 0 unspecified atom stereocenters. The predicted octanol–water partition coefficient (Wildman–Crippen LogP) is 8.63. The van der Waals surface area contributed by atoms with E-state index >= 15 is 0 Å². The molecule has 0 aromatic carbocycles. The smallest absolute Gasteiger partial charge is 0.305 e. The third-order valence-corrected chi connectivity index (χ3v) is 11.4. The zero-order valence-electron chi connectivity index (χ0n) is 25.0. The Bertz CT molecular complexity index is 846. The maximum absolute atomic E-state index is 14.5. The van der Waals surface area contributed by atoms with Crippen LogP contribution in [0.1, 0.15) is 114 Å². The molecule has 1 aromatic rings. The highest BCUT2D eigenvalue weighted by Crippen LogP contribution is 2.72. The molecular weight excluding hydrogens is 496 g/mol. The van der Waals surface area contributed by atoms with Crippen molar-refractivity contribution < 1.29 is 27.2 Å². The highest BCUT2D eigenvalue weighted by Gasteiger charge is 2.53. The van der Waals surface area contributed by atoms with E-state index in [1.807, 2.05) is 12.1 Å². The third kappa shape index (κ3) is 9.97. The lowest BCUT2D eigenvalue weighted by atomic mass is 9.86. The molecule has 0 radical (unpaired) electrons. The fourth-order valence-electron chi connectivity index (χ4n) is 3.59. The summed E-state index contributed by atoms with van der Waals surface area (Å²) in [7, 11) is -7.97. The van der Waals surface area contributed by atoms with E-state index in [1.165, 1.54) is 0 Å². The Hall–Kier alpha value is -0.550. The van der Waals surface area contributed by atoms with Crippen molar-refractivity contribution in [2.24, 2.45) is 0 Å². The molecule has 0 atom stereocenters. The molecule has 1 rings (SSSR count). The van der Waals surface area contributed by atoms with Crippen LogP contribution in [0.5, 0.6) is 0 Å². The molecule has 0 fully saturated rings. The lowest BCUT2D eigenvalue weighted by Gasteiger charge is -2.35. The monoisotopic (exact) mass is 547 g/mol. The molecule has 0 spiro atoms. The Balaban J connectivity index is 3.92. The zero-order chi connectivity index (χ0) is 28.3. The minimum absolute atomic E-state index is 0.127. The normalized spacial score (nSPS) is 14.2. The fraction of sp³-hybridized carbons (Fsp3) is 0.815. The van der Waals surface area contributed by atoms with E-state index in [-0.39, 0.29) is 17.3 Å². The minimum Gasteiger partial charge on any atom is -0.305 e. The van der Waals surface area contributed by atoms with Crippen molar-refractivity contribution in [2.45, 2.75) is 144 Å². The fourth-order valence-corrected chi connectivity index (χ4v) is 9.51. The van der Waals surface area contributed by atoms with Gasteiger partial charge in [0.1, 0.15) is 0 Å². The summed E-state index contributed by atoms with van der Waals surface area (Å²) in [6.45, 7) is 26.9. The summed E-state index contributed by atoms with van der Waals surface area (Å²) in [4.78, 5) is 4.94. The number of rotatable bonds is 12. The van der Waals surface area contributed by atoms with Crippen LogP contribution in [0.15, 0.2) is 12.1 Å². The second-order valence-corrected chi connectivity index (χ2v) is 17.3. The number of aromatic nitrogens is 1. The Morgan fingerprint density at radius 3 is 1.14 bits per heavy atom. The van der Waals surface area contributed by atoms with E-state index in [0.29, 0.717) is 0 Å². The van der Waals surface area contributed by atoms with Gasteiger partial charge in [0.15, 0.2) is 5.40 Å². The first kappa shape index (κ1) is 33.5. The van der Waals surface area contributed by atoms with Crippen LogP contribution < -0.4 is 0 Å². The molecule has 1 heterocycles. The first-order valence-corrected chi connectivity index (χ1v) is 16.3. The van der Waals surface area contributed by atoms with Crippen LogP contribution in [0.4, 0.5) is 0 Å². The maximum atomic E-state index is 14.5. The maximum Gasteiger partial charge on any atom is 0.346 e. The first-order valence-electron chi connectivity index (χ1n) is 13.0. The van der Waals surface area contributed by atoms with Crippen molar-refractivity contribution in [2.75, 3.05) is 0 Å². The van der Waals surface area contributed by atoms with Crippen molar-refractivity contribution in [3.05, 3.63) is 29.1 Å². The van der Waals surface area contributed by atoms with Crippen LogP contribution in [-0.4, -0.2) is 34.8 Å². The van der Waals surface area contributed by atoms with Gasteiger partial charge in [-0.3, -0.25) is 14.1 Å². The van der Waals surface area contributed by atoms with Gasteiger partial charge in [-0.2, -0.15) is 0 Å². The minimum atomic E-state index is -3.99. The molecule has 0 aliphatic carbocycles. The van der Waals surface area contributed by atoms with Crippen molar-refractivity contribution >= 4 is 15.2 Å². The highest BCUT2D eigenvalue weighted by molar-refractivity contribution is 7.72. The Morgan fingerprint density at radius 1 is 0.639 bits per heavy atom. The van der Waals surface area contributed by atoms with Gasteiger partial charge in [-0.25, -0.2) is 0 Å². The largest absolute Gasteiger partial charge is 0.346 e. The van der Waals surface area contributed by atoms with Crippen LogP contribution in [0.2, 0.25) is 0 Å². The van der Waals surface area contributed by atoms with E-state index in [2.05, 4.69) is 41.5 Å². The number of hydrogen-bond acceptors (Lipinski definition) is 7. The molecule has 1 aromatic heterocycles. The van der Waals surface area contributed by atoms with Crippen molar-refractivity contribution in [1.82, 2.24) is 4.98 Å². The summed E-state index contributed by atoms with van der Waals surface area (Å²) >= 11 is 0. The molecular formula is C27H51NO6P2. The van der Waals surface area contributed by atoms with Gasteiger partial charge in [-0.05, 0) is 79.5 Å². The Labute approximate surface area is 220 Å². The van der Waals surface area contributed by atoms with Gasteiger partial charge in [0.2, 0.25) is 0 Å². The van der Waals surface area contributed by atoms with Gasteiger partial charge >= 0.3 is 15.2 Å². The van der Waals surface area contributed by atoms with Crippen molar-refractivity contribution in [1.29, 1.82) is 0 Å². The molecule has 0 N–H and O–H groups in total. The van der Waals surface area contributed by atoms with Crippen molar-refractivity contribution in [3.8, 4) is 0 Å². The molecule has 0 amide bonds. The van der Waals surface area contributed by atoms with Gasteiger partial charge in [0.05, 0.1) is 24.4 Å². The highest BCUT2D eigenvalue weighted by atomic mass is 31.2. The SMILES string of the molecule is CC(C)OP(=O)(OC(C)C)C(Cc1cc(C(C)(C)C)nc(C(C)(C)C)c1)P(=O)(OC(C)C)OC(C)C. The van der Waals surface area contributed by atoms with Crippen LogP contribution in [0.3, 0.4) is 0 Å². The Kier molecular flexibility index (Phi) is 11.7.